The van der Waals surface area contributed by atoms with Gasteiger partial charge in [0.2, 0.25) is 6.17 Å². The average molecular weight is 111 g/mol. The Labute approximate surface area is 46.1 Å². The van der Waals surface area contributed by atoms with Crippen molar-refractivity contribution in [2.24, 2.45) is 15.7 Å². The van der Waals surface area contributed by atoms with E-state index in [0.717, 1.165) is 0 Å². The number of carbonyl (C=O) groups excluding carboxylic acids is 1. The Balaban J connectivity index is 2.62. The van der Waals surface area contributed by atoms with E-state index in [4.69, 9.17) is 5.73 Å². The zero-order valence-corrected chi connectivity index (χ0v) is 4.11. The summed E-state index contributed by atoms with van der Waals surface area (Å²) in [6.45, 7) is 0. The number of rotatable bonds is 1. The van der Waals surface area contributed by atoms with Crippen molar-refractivity contribution in [3.05, 3.63) is 0 Å². The van der Waals surface area contributed by atoms with E-state index in [2.05, 4.69) is 9.98 Å². The van der Waals surface area contributed by atoms with Gasteiger partial charge in [-0.15, -0.1) is 0 Å². The van der Waals surface area contributed by atoms with Gasteiger partial charge in [0, 0.05) is 12.4 Å². The maximum Gasteiger partial charge on any atom is 0.264 e. The van der Waals surface area contributed by atoms with Crippen molar-refractivity contribution in [2.45, 2.75) is 6.17 Å². The van der Waals surface area contributed by atoms with Gasteiger partial charge in [0.05, 0.1) is 0 Å². The van der Waals surface area contributed by atoms with Crippen molar-refractivity contribution in [2.75, 3.05) is 0 Å². The summed E-state index contributed by atoms with van der Waals surface area (Å²) in [5.41, 5.74) is 4.83. The summed E-state index contributed by atoms with van der Waals surface area (Å²) < 4.78 is 0. The highest BCUT2D eigenvalue weighted by Crippen LogP contribution is 1.93. The van der Waals surface area contributed by atoms with Crippen LogP contribution in [0.5, 0.6) is 0 Å². The summed E-state index contributed by atoms with van der Waals surface area (Å²) in [6, 6.07) is 0. The molecule has 0 aromatic heterocycles. The second-order valence-electron chi connectivity index (χ2n) is 1.37. The SMILES string of the molecule is NC(=O)C1N=CC=N1. The van der Waals surface area contributed by atoms with Gasteiger partial charge in [0.25, 0.3) is 5.91 Å². The molecule has 0 aromatic carbocycles. The number of primary amides is 1. The second-order valence-corrected chi connectivity index (χ2v) is 1.37. The normalized spacial score (nSPS) is 17.5. The third-order valence-electron chi connectivity index (χ3n) is 0.776. The molecule has 1 rings (SSSR count). The van der Waals surface area contributed by atoms with Crippen LogP contribution in [0.25, 0.3) is 0 Å². The molecule has 1 aliphatic rings. The molecule has 8 heavy (non-hydrogen) atoms. The molecule has 42 valence electrons. The van der Waals surface area contributed by atoms with Gasteiger partial charge < -0.3 is 5.73 Å². The van der Waals surface area contributed by atoms with Gasteiger partial charge >= 0.3 is 0 Å². The first-order chi connectivity index (χ1) is 3.80. The van der Waals surface area contributed by atoms with Crippen LogP contribution in [0.15, 0.2) is 9.98 Å². The Morgan fingerprint density at radius 1 is 1.50 bits per heavy atom. The molecular formula is C4H5N3O. The van der Waals surface area contributed by atoms with E-state index >= 15 is 0 Å². The topological polar surface area (TPSA) is 67.8 Å². The predicted molar refractivity (Wildman–Crippen MR) is 30.0 cm³/mol. The lowest BCUT2D eigenvalue weighted by Gasteiger charge is -1.92. The van der Waals surface area contributed by atoms with Crippen molar-refractivity contribution < 1.29 is 4.79 Å². The number of aliphatic imine (C=N–C) groups is 2. The predicted octanol–water partition coefficient (Wildman–Crippen LogP) is -1.05. The van der Waals surface area contributed by atoms with Gasteiger partial charge in [-0.25, -0.2) is 0 Å². The van der Waals surface area contributed by atoms with E-state index in [-0.39, 0.29) is 0 Å². The van der Waals surface area contributed by atoms with Crippen LogP contribution < -0.4 is 5.73 Å². The highest BCUT2D eigenvalue weighted by atomic mass is 16.1. The van der Waals surface area contributed by atoms with Crippen molar-refractivity contribution in [3.8, 4) is 0 Å². The minimum absolute atomic E-state index is 0.505. The first kappa shape index (κ1) is 4.96. The largest absolute Gasteiger partial charge is 0.366 e. The van der Waals surface area contributed by atoms with E-state index in [1.54, 1.807) is 0 Å². The summed E-state index contributed by atoms with van der Waals surface area (Å²) in [5, 5.41) is 0. The maximum atomic E-state index is 10.2. The Kier molecular flexibility index (Phi) is 1.07. The molecule has 1 heterocycles. The zero-order chi connectivity index (χ0) is 5.98. The summed E-state index contributed by atoms with van der Waals surface area (Å²) in [6.07, 6.45) is 2.25. The number of hydrogen-bond donors (Lipinski definition) is 1. The van der Waals surface area contributed by atoms with Crippen molar-refractivity contribution in [1.29, 1.82) is 0 Å². The fourth-order valence-corrected chi connectivity index (χ4v) is 0.425. The molecule has 0 fully saturated rings. The van der Waals surface area contributed by atoms with Gasteiger partial charge in [0.15, 0.2) is 0 Å². The Morgan fingerprint density at radius 2 is 2.00 bits per heavy atom. The summed E-state index contributed by atoms with van der Waals surface area (Å²) in [5.74, 6) is -0.505. The van der Waals surface area contributed by atoms with Crippen LogP contribution in [0.2, 0.25) is 0 Å². The van der Waals surface area contributed by atoms with Gasteiger partial charge in [0.1, 0.15) is 0 Å². The molecule has 4 nitrogen and oxygen atoms in total. The lowest BCUT2D eigenvalue weighted by molar-refractivity contribution is -0.118. The summed E-state index contributed by atoms with van der Waals surface area (Å²) >= 11 is 0. The molecule has 4 heteroatoms. The van der Waals surface area contributed by atoms with Crippen molar-refractivity contribution in [3.63, 3.8) is 0 Å². The van der Waals surface area contributed by atoms with Crippen LogP contribution >= 0.6 is 0 Å². The first-order valence-electron chi connectivity index (χ1n) is 2.15. The number of hydrogen-bond acceptors (Lipinski definition) is 3. The van der Waals surface area contributed by atoms with Gasteiger partial charge in [-0.2, -0.15) is 0 Å². The number of nitrogens with zero attached hydrogens (tertiary/aromatic N) is 2. The molecular weight excluding hydrogens is 106 g/mol. The van der Waals surface area contributed by atoms with Crippen LogP contribution in [0, 0.1) is 0 Å². The fraction of sp³-hybridized carbons (Fsp3) is 0.250. The van der Waals surface area contributed by atoms with Crippen LogP contribution in [-0.4, -0.2) is 24.5 Å². The molecule has 0 atom stereocenters. The van der Waals surface area contributed by atoms with Crippen LogP contribution in [0.1, 0.15) is 0 Å². The summed E-state index contributed by atoms with van der Waals surface area (Å²) in [7, 11) is 0. The quantitative estimate of drug-likeness (QED) is 0.461. The smallest absolute Gasteiger partial charge is 0.264 e. The average Bonchev–Trinajstić information content (AvgIpc) is 2.12. The highest BCUT2D eigenvalue weighted by Gasteiger charge is 2.10. The number of amides is 1. The second kappa shape index (κ2) is 1.73. The molecule has 0 unspecified atom stereocenters. The Hall–Kier alpha value is -1.19. The van der Waals surface area contributed by atoms with Crippen LogP contribution in [-0.2, 0) is 4.79 Å². The molecule has 1 amide bonds. The molecule has 0 bridgehead atoms. The molecule has 0 aliphatic carbocycles. The van der Waals surface area contributed by atoms with Gasteiger partial charge in [-0.3, -0.25) is 14.8 Å². The lowest BCUT2D eigenvalue weighted by Crippen LogP contribution is -2.23. The standard InChI is InChI=1S/C4H5N3O/c5-3(8)4-6-1-2-7-4/h1-2,4H,(H2,5,8). The molecule has 1 aliphatic heterocycles. The van der Waals surface area contributed by atoms with Crippen molar-refractivity contribution in [1.82, 2.24) is 0 Å². The molecule has 0 saturated heterocycles. The molecule has 0 spiro atoms. The van der Waals surface area contributed by atoms with Gasteiger partial charge in [-0.1, -0.05) is 0 Å². The van der Waals surface area contributed by atoms with E-state index in [1.165, 1.54) is 12.4 Å². The molecule has 2 N–H and O–H groups in total. The van der Waals surface area contributed by atoms with Crippen LogP contribution in [0.3, 0.4) is 0 Å². The Bertz CT molecular complexity index is 149. The number of nitrogens with two attached hydrogens (primary N) is 1. The lowest BCUT2D eigenvalue weighted by atomic mass is 10.5. The third-order valence-corrected chi connectivity index (χ3v) is 0.776. The highest BCUT2D eigenvalue weighted by molar-refractivity contribution is 6.18. The fourth-order valence-electron chi connectivity index (χ4n) is 0.425. The minimum Gasteiger partial charge on any atom is -0.366 e. The summed E-state index contributed by atoms with van der Waals surface area (Å²) in [4.78, 5) is 17.4. The van der Waals surface area contributed by atoms with E-state index in [9.17, 15) is 4.79 Å². The Morgan fingerprint density at radius 3 is 2.25 bits per heavy atom. The first-order valence-corrected chi connectivity index (χ1v) is 2.15. The van der Waals surface area contributed by atoms with Gasteiger partial charge in [-0.05, 0) is 0 Å². The zero-order valence-electron chi connectivity index (χ0n) is 4.11. The van der Waals surface area contributed by atoms with E-state index in [1.807, 2.05) is 0 Å². The molecule has 0 saturated carbocycles. The van der Waals surface area contributed by atoms with Crippen molar-refractivity contribution >= 4 is 18.3 Å². The molecule has 0 aromatic rings. The molecule has 0 radical (unpaired) electrons. The van der Waals surface area contributed by atoms with Crippen LogP contribution in [0.4, 0.5) is 0 Å². The monoisotopic (exact) mass is 111 g/mol. The minimum atomic E-state index is -0.657. The maximum absolute atomic E-state index is 10.2. The third kappa shape index (κ3) is 0.726. The van der Waals surface area contributed by atoms with E-state index < -0.39 is 12.1 Å². The van der Waals surface area contributed by atoms with E-state index in [0.29, 0.717) is 0 Å². The number of carbonyl (C=O) groups is 1.